The van der Waals surface area contributed by atoms with Crippen LogP contribution in [0.5, 0.6) is 0 Å². The number of aromatic carboxylic acids is 1. The summed E-state index contributed by atoms with van der Waals surface area (Å²) in [5, 5.41) is 14.1. The molecular formula is C19H15Cl2NO2. The lowest BCUT2D eigenvalue weighted by atomic mass is 9.76. The minimum Gasteiger partial charge on any atom is -0.478 e. The first-order valence-corrected chi connectivity index (χ1v) is 8.55. The van der Waals surface area contributed by atoms with Crippen LogP contribution >= 0.6 is 23.2 Å². The van der Waals surface area contributed by atoms with Crippen LogP contribution in [-0.4, -0.2) is 11.1 Å². The summed E-state index contributed by atoms with van der Waals surface area (Å²) in [6.07, 6.45) is 5.27. The maximum Gasteiger partial charge on any atom is 0.335 e. The van der Waals surface area contributed by atoms with Crippen molar-refractivity contribution in [2.24, 2.45) is 5.92 Å². The van der Waals surface area contributed by atoms with Crippen molar-refractivity contribution in [2.75, 3.05) is 5.32 Å². The molecule has 1 aliphatic heterocycles. The molecule has 2 N–H and O–H groups in total. The van der Waals surface area contributed by atoms with E-state index in [0.717, 1.165) is 23.2 Å². The third-order valence-electron chi connectivity index (χ3n) is 4.91. The number of carboxylic acid groups (broad SMARTS) is 1. The standard InChI is InChI=1S/C19H15Cl2NO2/c20-11-5-6-14(16(21)9-11)18-13-3-1-2-12(13)15-8-10(19(23)24)4-7-17(15)22-18/h1-2,4-9,12-13,18,22H,3H2,(H,23,24)/t12-,13-,18+/m1/s1. The minimum absolute atomic E-state index is 0.0675. The summed E-state index contributed by atoms with van der Waals surface area (Å²) < 4.78 is 0. The van der Waals surface area contributed by atoms with Gasteiger partial charge in [0.25, 0.3) is 0 Å². The van der Waals surface area contributed by atoms with Gasteiger partial charge in [-0.3, -0.25) is 0 Å². The van der Waals surface area contributed by atoms with Gasteiger partial charge in [0.15, 0.2) is 0 Å². The van der Waals surface area contributed by atoms with Gasteiger partial charge in [0.1, 0.15) is 0 Å². The average Bonchev–Trinajstić information content (AvgIpc) is 3.04. The Morgan fingerprint density at radius 3 is 2.71 bits per heavy atom. The number of allylic oxidation sites excluding steroid dienone is 2. The lowest BCUT2D eigenvalue weighted by molar-refractivity contribution is 0.0696. The summed E-state index contributed by atoms with van der Waals surface area (Å²) in [5.74, 6) is -0.406. The molecular weight excluding hydrogens is 345 g/mol. The molecule has 2 aromatic carbocycles. The predicted molar refractivity (Wildman–Crippen MR) is 96.2 cm³/mol. The Kier molecular flexibility index (Phi) is 3.78. The molecule has 1 heterocycles. The van der Waals surface area contributed by atoms with Crippen LogP contribution in [0.1, 0.15) is 39.9 Å². The molecule has 0 radical (unpaired) electrons. The van der Waals surface area contributed by atoms with Gasteiger partial charge in [-0.1, -0.05) is 41.4 Å². The number of rotatable bonds is 2. The van der Waals surface area contributed by atoms with Crippen LogP contribution in [0.15, 0.2) is 48.6 Å². The summed E-state index contributed by atoms with van der Waals surface area (Å²) in [4.78, 5) is 11.3. The van der Waals surface area contributed by atoms with E-state index in [-0.39, 0.29) is 12.0 Å². The molecule has 0 unspecified atom stereocenters. The van der Waals surface area contributed by atoms with Crippen molar-refractivity contribution in [2.45, 2.75) is 18.4 Å². The fourth-order valence-corrected chi connectivity index (χ4v) is 4.32. The molecule has 0 amide bonds. The second kappa shape index (κ2) is 5.83. The highest BCUT2D eigenvalue weighted by Gasteiger charge is 2.38. The number of hydrogen-bond acceptors (Lipinski definition) is 2. The average molecular weight is 360 g/mol. The van der Waals surface area contributed by atoms with Gasteiger partial charge >= 0.3 is 5.97 Å². The van der Waals surface area contributed by atoms with E-state index in [2.05, 4.69) is 17.5 Å². The SMILES string of the molecule is O=C(O)c1ccc2c(c1)[C@@H]1C=CC[C@H]1[C@@H](c1ccc(Cl)cc1Cl)N2. The highest BCUT2D eigenvalue weighted by atomic mass is 35.5. The molecule has 5 heteroatoms. The normalized spacial score (nSPS) is 24.2. The Balaban J connectivity index is 1.79. The number of anilines is 1. The third-order valence-corrected chi connectivity index (χ3v) is 5.47. The molecule has 1 aliphatic carbocycles. The summed E-state index contributed by atoms with van der Waals surface area (Å²) in [5.41, 5.74) is 3.34. The number of fused-ring (bicyclic) bond motifs is 3. The Morgan fingerprint density at radius 2 is 1.96 bits per heavy atom. The van der Waals surface area contributed by atoms with Gasteiger partial charge in [-0.2, -0.15) is 0 Å². The van der Waals surface area contributed by atoms with Gasteiger partial charge in [0, 0.05) is 21.7 Å². The summed E-state index contributed by atoms with van der Waals surface area (Å²) in [6.45, 7) is 0. The van der Waals surface area contributed by atoms with Gasteiger partial charge in [-0.15, -0.1) is 0 Å². The molecule has 122 valence electrons. The van der Waals surface area contributed by atoms with E-state index in [4.69, 9.17) is 23.2 Å². The Morgan fingerprint density at radius 1 is 1.12 bits per heavy atom. The molecule has 0 saturated heterocycles. The highest BCUT2D eigenvalue weighted by molar-refractivity contribution is 6.35. The smallest absolute Gasteiger partial charge is 0.335 e. The highest BCUT2D eigenvalue weighted by Crippen LogP contribution is 2.51. The zero-order valence-corrected chi connectivity index (χ0v) is 14.2. The van der Waals surface area contributed by atoms with Gasteiger partial charge in [-0.05, 0) is 53.8 Å². The van der Waals surface area contributed by atoms with Crippen LogP contribution in [0, 0.1) is 5.92 Å². The quantitative estimate of drug-likeness (QED) is 0.694. The zero-order chi connectivity index (χ0) is 16.8. The number of carbonyl (C=O) groups is 1. The molecule has 3 atom stereocenters. The Bertz CT molecular complexity index is 862. The Hall–Kier alpha value is -1.97. The van der Waals surface area contributed by atoms with Crippen LogP contribution in [0.4, 0.5) is 5.69 Å². The van der Waals surface area contributed by atoms with Crippen molar-refractivity contribution in [1.82, 2.24) is 0 Å². The van der Waals surface area contributed by atoms with Gasteiger partial charge < -0.3 is 10.4 Å². The van der Waals surface area contributed by atoms with Crippen molar-refractivity contribution in [3.63, 3.8) is 0 Å². The summed E-state index contributed by atoms with van der Waals surface area (Å²) in [7, 11) is 0. The first kappa shape index (κ1) is 15.6. The minimum atomic E-state index is -0.904. The van der Waals surface area contributed by atoms with Gasteiger partial charge in [-0.25, -0.2) is 4.79 Å². The summed E-state index contributed by atoms with van der Waals surface area (Å²) >= 11 is 12.4. The van der Waals surface area contributed by atoms with Gasteiger partial charge in [0.2, 0.25) is 0 Å². The number of benzene rings is 2. The van der Waals surface area contributed by atoms with E-state index in [1.165, 1.54) is 0 Å². The fourth-order valence-electron chi connectivity index (χ4n) is 3.79. The van der Waals surface area contributed by atoms with Crippen LogP contribution in [0.25, 0.3) is 0 Å². The van der Waals surface area contributed by atoms with Crippen molar-refractivity contribution in [1.29, 1.82) is 0 Å². The summed E-state index contributed by atoms with van der Waals surface area (Å²) in [6, 6.07) is 10.9. The topological polar surface area (TPSA) is 49.3 Å². The van der Waals surface area contributed by atoms with Crippen LogP contribution in [0.2, 0.25) is 10.0 Å². The molecule has 0 bridgehead atoms. The van der Waals surface area contributed by atoms with E-state index in [1.54, 1.807) is 18.2 Å². The van der Waals surface area contributed by atoms with Crippen LogP contribution < -0.4 is 5.32 Å². The van der Waals surface area contributed by atoms with E-state index < -0.39 is 5.97 Å². The van der Waals surface area contributed by atoms with Crippen LogP contribution in [-0.2, 0) is 0 Å². The second-order valence-electron chi connectivity index (χ2n) is 6.25. The fraction of sp³-hybridized carbons (Fsp3) is 0.211. The van der Waals surface area contributed by atoms with Crippen LogP contribution in [0.3, 0.4) is 0 Å². The molecule has 2 aliphatic rings. The maximum absolute atomic E-state index is 11.3. The first-order chi connectivity index (χ1) is 11.5. The molecule has 0 spiro atoms. The number of nitrogens with one attached hydrogen (secondary N) is 1. The van der Waals surface area contributed by atoms with Crippen molar-refractivity contribution < 1.29 is 9.90 Å². The van der Waals surface area contributed by atoms with Gasteiger partial charge in [0.05, 0.1) is 11.6 Å². The first-order valence-electron chi connectivity index (χ1n) is 7.80. The number of carboxylic acids is 1. The largest absolute Gasteiger partial charge is 0.478 e. The van der Waals surface area contributed by atoms with E-state index in [0.29, 0.717) is 21.5 Å². The molecule has 0 saturated carbocycles. The zero-order valence-electron chi connectivity index (χ0n) is 12.7. The molecule has 2 aromatic rings. The number of hydrogen-bond donors (Lipinski definition) is 2. The lowest BCUT2D eigenvalue weighted by Gasteiger charge is -2.38. The van der Waals surface area contributed by atoms with E-state index in [9.17, 15) is 9.90 Å². The molecule has 3 nitrogen and oxygen atoms in total. The molecule has 0 aromatic heterocycles. The maximum atomic E-state index is 11.3. The monoisotopic (exact) mass is 359 g/mol. The molecule has 24 heavy (non-hydrogen) atoms. The molecule has 4 rings (SSSR count). The van der Waals surface area contributed by atoms with Crippen molar-refractivity contribution in [3.8, 4) is 0 Å². The molecule has 0 fully saturated rings. The predicted octanol–water partition coefficient (Wildman–Crippen LogP) is 5.52. The lowest BCUT2D eigenvalue weighted by Crippen LogP contribution is -2.29. The van der Waals surface area contributed by atoms with E-state index in [1.807, 2.05) is 18.2 Å². The second-order valence-corrected chi connectivity index (χ2v) is 7.09. The third kappa shape index (κ3) is 2.48. The Labute approximate surface area is 149 Å². The van der Waals surface area contributed by atoms with Crippen molar-refractivity contribution >= 4 is 34.9 Å². The number of halogens is 2. The van der Waals surface area contributed by atoms with E-state index >= 15 is 0 Å². The van der Waals surface area contributed by atoms with Crippen molar-refractivity contribution in [3.05, 3.63) is 75.3 Å².